The second kappa shape index (κ2) is 23.8. The number of hydrogen-bond donors (Lipinski definition) is 17. The molecule has 400 valence electrons. The van der Waals surface area contributed by atoms with Crippen molar-refractivity contribution in [2.75, 3.05) is 46.2 Å². The summed E-state index contributed by atoms with van der Waals surface area (Å²) < 4.78 is 74.8. The number of aliphatic hydroxyl groups is 17. The first-order chi connectivity index (χ1) is 33.0. The summed E-state index contributed by atoms with van der Waals surface area (Å²) >= 11 is 0. The smallest absolute Gasteiger partial charge is 0.187 e. The molecule has 22 aliphatic rings. The average Bonchev–Trinajstić information content (AvgIpc) is 3.34. The van der Waals surface area contributed by atoms with Crippen molar-refractivity contribution in [3.63, 3.8) is 0 Å². The Morgan fingerprint density at radius 2 is 0.493 bits per heavy atom. The van der Waals surface area contributed by atoms with Crippen LogP contribution in [0.2, 0.25) is 0 Å². The second-order valence-corrected chi connectivity index (χ2v) is 17.4. The van der Waals surface area contributed by atoms with Crippen molar-refractivity contribution in [3.05, 3.63) is 12.7 Å². The quantitative estimate of drug-likeness (QED) is 0.0954. The van der Waals surface area contributed by atoms with E-state index in [2.05, 4.69) is 6.58 Å². The van der Waals surface area contributed by atoms with E-state index in [9.17, 15) is 86.8 Å². The van der Waals surface area contributed by atoms with Gasteiger partial charge in [-0.1, -0.05) is 6.08 Å². The molecule has 0 aromatic rings. The van der Waals surface area contributed by atoms with Crippen LogP contribution in [0.3, 0.4) is 0 Å². The Morgan fingerprint density at radius 1 is 0.290 bits per heavy atom. The van der Waals surface area contributed by atoms with Crippen LogP contribution in [0.4, 0.5) is 0 Å². The standard InChI is InChI=1S/C39H64O30/c1-2-3-57-33-26(56)39-63-15(9-45)32(33)69-38-25(55)20(50)30(13(7-43)62-38)67-36-23(53)18(48)28(11(5-41)60-36)65-34-21(51)16(46)27(10(4-40)58-34)64-35-22(52)17(47)29(12(6-42)59-35)66-37-24(54)19(49)31(68-39)14(8-44)61-37/h2,10-56H,1,3-9H2/t10-,11-,12-,13-,14-,15-,16-,17-,18-,19-,20-,21-,22-,23-,24-,25-,26-,27-,28-,29-,30-,31-,32+,33-,34-,35-,36-,37-,38-,39-/m1/s1. The molecule has 30 atom stereocenters. The van der Waals surface area contributed by atoms with Gasteiger partial charge < -0.3 is 148 Å². The SMILES string of the molecule is C=CCO[C@@H]1[C@@H](O)[C@H]2O[C@H]3[C@H](O)[C@@H](O)[C@@H](O[C@H]4[C@H](O)[C@@H](O)[C@@H](O[C@H]5[C@H](O)[C@@H](O)[C@@H](O[C@H]6[C@H](O)[C@@H](O)[C@@H](O[C@H]7[C@H](O)[C@@H](O)[C@@H](O[C@H]1[C@@H](CO)O2)O[C@@H]7CO)O[C@@H]6CO)O[C@@H]5CO)O[C@@H]4CO)O[C@@H]3CO. The molecular formula is C39H64O30. The predicted octanol–water partition coefficient (Wildman–Crippen LogP) is -11.8. The van der Waals surface area contributed by atoms with Gasteiger partial charge in [0.15, 0.2) is 37.7 Å². The van der Waals surface area contributed by atoms with Gasteiger partial charge in [-0.05, 0) is 0 Å². The first-order valence-electron chi connectivity index (χ1n) is 22.2. The fraction of sp³-hybridized carbons (Fsp3) is 0.949. The van der Waals surface area contributed by atoms with Crippen LogP contribution in [-0.4, -0.2) is 317 Å². The van der Waals surface area contributed by atoms with Crippen LogP contribution in [0.1, 0.15) is 0 Å². The number of rotatable bonds is 9. The molecule has 0 amide bonds. The molecule has 0 aliphatic carbocycles. The molecule has 22 fully saturated rings. The van der Waals surface area contributed by atoms with E-state index >= 15 is 0 Å². The molecule has 69 heavy (non-hydrogen) atoms. The van der Waals surface area contributed by atoms with E-state index in [1.807, 2.05) is 0 Å². The molecule has 0 spiro atoms. The lowest BCUT2D eigenvalue weighted by atomic mass is 9.94. The fourth-order valence-corrected chi connectivity index (χ4v) is 9.28. The largest absolute Gasteiger partial charge is 0.394 e. The van der Waals surface area contributed by atoms with Gasteiger partial charge in [-0.25, -0.2) is 0 Å². The van der Waals surface area contributed by atoms with Gasteiger partial charge in [-0.3, -0.25) is 0 Å². The third kappa shape index (κ3) is 11.0. The Morgan fingerprint density at radius 3 is 0.710 bits per heavy atom. The van der Waals surface area contributed by atoms with E-state index in [4.69, 9.17) is 61.6 Å². The molecule has 0 aromatic carbocycles. The van der Waals surface area contributed by atoms with Gasteiger partial charge in [-0.2, -0.15) is 0 Å². The third-order valence-corrected chi connectivity index (χ3v) is 13.1. The van der Waals surface area contributed by atoms with E-state index in [1.165, 1.54) is 6.08 Å². The molecule has 12 bridgehead atoms. The Hall–Kier alpha value is -1.46. The topological polar surface area (TPSA) is 464 Å². The van der Waals surface area contributed by atoms with Crippen molar-refractivity contribution < 1.29 is 148 Å². The Bertz CT molecular complexity index is 1590. The normalized spacial score (nSPS) is 53.4. The Kier molecular flexibility index (Phi) is 19.1. The van der Waals surface area contributed by atoms with Crippen LogP contribution in [0.15, 0.2) is 12.7 Å². The van der Waals surface area contributed by atoms with Gasteiger partial charge in [0.1, 0.15) is 146 Å². The Labute approximate surface area is 391 Å². The summed E-state index contributed by atoms with van der Waals surface area (Å²) in [6.07, 6.45) is -55.8. The highest BCUT2D eigenvalue weighted by atomic mass is 16.8. The molecule has 22 saturated heterocycles. The van der Waals surface area contributed by atoms with Gasteiger partial charge in [0, 0.05) is 0 Å². The van der Waals surface area contributed by atoms with Crippen molar-refractivity contribution in [2.45, 2.75) is 184 Å². The zero-order valence-corrected chi connectivity index (χ0v) is 36.5. The lowest BCUT2D eigenvalue weighted by Gasteiger charge is -2.51. The van der Waals surface area contributed by atoms with Crippen molar-refractivity contribution in [1.82, 2.24) is 0 Å². The first kappa shape index (κ1) is 55.3. The van der Waals surface area contributed by atoms with Crippen LogP contribution in [0.25, 0.3) is 0 Å². The molecule has 22 heterocycles. The molecule has 22 aliphatic heterocycles. The fourth-order valence-electron chi connectivity index (χ4n) is 9.28. The lowest BCUT2D eigenvalue weighted by molar-refractivity contribution is -0.404. The summed E-state index contributed by atoms with van der Waals surface area (Å²) in [6.45, 7) is -2.60. The minimum Gasteiger partial charge on any atom is -0.394 e. The van der Waals surface area contributed by atoms with E-state index in [0.717, 1.165) is 0 Å². The molecule has 0 radical (unpaired) electrons. The van der Waals surface area contributed by atoms with Gasteiger partial charge in [-0.15, -0.1) is 6.58 Å². The van der Waals surface area contributed by atoms with Crippen molar-refractivity contribution in [3.8, 4) is 0 Å². The molecule has 17 N–H and O–H groups in total. The molecular weight excluding hydrogens is 948 g/mol. The van der Waals surface area contributed by atoms with Crippen LogP contribution in [-0.2, 0) is 61.6 Å². The molecule has 30 heteroatoms. The number of aliphatic hydroxyl groups excluding tert-OH is 17. The summed E-state index contributed by atoms with van der Waals surface area (Å²) in [5.41, 5.74) is 0. The average molecular weight is 1010 g/mol. The zero-order valence-electron chi connectivity index (χ0n) is 36.5. The summed E-state index contributed by atoms with van der Waals surface area (Å²) in [6, 6.07) is 0. The van der Waals surface area contributed by atoms with Crippen LogP contribution < -0.4 is 0 Å². The van der Waals surface area contributed by atoms with E-state index in [-0.39, 0.29) is 6.61 Å². The van der Waals surface area contributed by atoms with Gasteiger partial charge in [0.05, 0.1) is 46.2 Å². The molecule has 0 saturated carbocycles. The monoisotopic (exact) mass is 1010 g/mol. The predicted molar refractivity (Wildman–Crippen MR) is 210 cm³/mol. The lowest BCUT2D eigenvalue weighted by Crippen LogP contribution is -2.69. The van der Waals surface area contributed by atoms with Crippen molar-refractivity contribution in [1.29, 1.82) is 0 Å². The Balaban J connectivity index is 1.21. The number of hydrogen-bond acceptors (Lipinski definition) is 30. The summed E-state index contributed by atoms with van der Waals surface area (Å²) in [7, 11) is 0. The maximum Gasteiger partial charge on any atom is 0.187 e. The van der Waals surface area contributed by atoms with E-state index in [0.29, 0.717) is 0 Å². The first-order valence-corrected chi connectivity index (χ1v) is 22.2. The van der Waals surface area contributed by atoms with Crippen molar-refractivity contribution >= 4 is 0 Å². The summed E-state index contributed by atoms with van der Waals surface area (Å²) in [5, 5.41) is 187. The zero-order chi connectivity index (χ0) is 50.2. The molecule has 0 aromatic heterocycles. The van der Waals surface area contributed by atoms with Crippen LogP contribution >= 0.6 is 0 Å². The minimum atomic E-state index is -2.15. The maximum absolute atomic E-state index is 11.6. The molecule has 22 rings (SSSR count). The van der Waals surface area contributed by atoms with Gasteiger partial charge in [0.25, 0.3) is 0 Å². The van der Waals surface area contributed by atoms with E-state index in [1.54, 1.807) is 0 Å². The van der Waals surface area contributed by atoms with Gasteiger partial charge in [0.2, 0.25) is 0 Å². The van der Waals surface area contributed by atoms with Crippen molar-refractivity contribution in [2.24, 2.45) is 0 Å². The summed E-state index contributed by atoms with van der Waals surface area (Å²) in [5.74, 6) is 0. The third-order valence-electron chi connectivity index (χ3n) is 13.1. The molecule has 0 unspecified atom stereocenters. The highest BCUT2D eigenvalue weighted by Crippen LogP contribution is 2.38. The minimum absolute atomic E-state index is 0.298. The molecule has 30 nitrogen and oxygen atoms in total. The number of ether oxygens (including phenoxy) is 13. The van der Waals surface area contributed by atoms with Gasteiger partial charge >= 0.3 is 0 Å². The van der Waals surface area contributed by atoms with Crippen LogP contribution in [0, 0.1) is 0 Å². The second-order valence-electron chi connectivity index (χ2n) is 17.4. The highest BCUT2D eigenvalue weighted by molar-refractivity contribution is 5.01. The maximum atomic E-state index is 11.6. The van der Waals surface area contributed by atoms with Crippen LogP contribution in [0.5, 0.6) is 0 Å². The highest BCUT2D eigenvalue weighted by Gasteiger charge is 2.59. The van der Waals surface area contributed by atoms with E-state index < -0.39 is 224 Å². The summed E-state index contributed by atoms with van der Waals surface area (Å²) in [4.78, 5) is 0.